The van der Waals surface area contributed by atoms with Gasteiger partial charge in [-0.1, -0.05) is 24.3 Å². The van der Waals surface area contributed by atoms with Gasteiger partial charge in [0.1, 0.15) is 24.4 Å². The number of aromatic nitrogens is 2. The molecule has 11 nitrogen and oxygen atoms in total. The monoisotopic (exact) mass is 524 g/mol. The van der Waals surface area contributed by atoms with Gasteiger partial charge < -0.3 is 43.9 Å². The number of hydrogen-bond donors (Lipinski definition) is 4. The first kappa shape index (κ1) is 25.3. The van der Waals surface area contributed by atoms with Crippen LogP contribution in [0.3, 0.4) is 0 Å². The summed E-state index contributed by atoms with van der Waals surface area (Å²) in [4.78, 5) is 18.6. The summed E-state index contributed by atoms with van der Waals surface area (Å²) in [5.74, 6) is -0.688. The van der Waals surface area contributed by atoms with Gasteiger partial charge in [0.15, 0.2) is 18.9 Å². The van der Waals surface area contributed by atoms with Gasteiger partial charge in [-0.15, -0.1) is 6.58 Å². The molecule has 38 heavy (non-hydrogen) atoms. The third-order valence-electron chi connectivity index (χ3n) is 7.47. The van der Waals surface area contributed by atoms with Crippen LogP contribution in [-0.2, 0) is 25.5 Å². The van der Waals surface area contributed by atoms with Gasteiger partial charge in [0.2, 0.25) is 0 Å². The predicted octanol–water partition coefficient (Wildman–Crippen LogP) is 0.513. The number of aliphatic hydroxyl groups excluding tert-OH is 4. The minimum atomic E-state index is -1.63. The maximum Gasteiger partial charge on any atom is 0.260 e. The summed E-state index contributed by atoms with van der Waals surface area (Å²) < 4.78 is 24.6. The fraction of sp³-hybridized carbons (Fsp3) is 0.407. The van der Waals surface area contributed by atoms with Crippen LogP contribution in [0.5, 0.6) is 0 Å². The van der Waals surface area contributed by atoms with E-state index in [2.05, 4.69) is 6.58 Å². The second-order valence-corrected chi connectivity index (χ2v) is 9.65. The largest absolute Gasteiger partial charge is 0.394 e. The maximum atomic E-state index is 13.8. The van der Waals surface area contributed by atoms with Crippen LogP contribution in [0.15, 0.2) is 53.8 Å². The van der Waals surface area contributed by atoms with E-state index in [4.69, 9.17) is 23.9 Å². The molecule has 3 aliphatic rings. The highest BCUT2D eigenvalue weighted by Gasteiger charge is 2.47. The van der Waals surface area contributed by atoms with E-state index in [0.717, 1.165) is 16.5 Å². The number of benzene rings is 1. The highest BCUT2D eigenvalue weighted by molar-refractivity contribution is 5.84. The molecule has 1 aromatic carbocycles. The average molecular weight is 525 g/mol. The average Bonchev–Trinajstić information content (AvgIpc) is 3.29. The molecule has 4 N–H and O–H groups in total. The van der Waals surface area contributed by atoms with Crippen molar-refractivity contribution < 1.29 is 39.4 Å². The standard InChI is InChI=1S/C27H28N2O9/c1-3-14-15-9-17-20-13(8-12-6-4-5-7-16(12)28-20)10-29(17)24(34)19(15)26(35-2)37-25(14)38-27-23(33)22(32)21(31)18(11-30)36-27/h3-9,14,18,21-23,25-27,30-33H,1,10-11H2,2H3/t14-,18-,21+,22-,23-,25+,26+,27+/m1/s1. The summed E-state index contributed by atoms with van der Waals surface area (Å²) in [6.07, 6.45) is -8.06. The number of rotatable bonds is 5. The van der Waals surface area contributed by atoms with Gasteiger partial charge >= 0.3 is 0 Å². The third-order valence-corrected chi connectivity index (χ3v) is 7.47. The highest BCUT2D eigenvalue weighted by atomic mass is 16.8. The first-order chi connectivity index (χ1) is 18.4. The highest BCUT2D eigenvalue weighted by Crippen LogP contribution is 2.42. The van der Waals surface area contributed by atoms with Crippen molar-refractivity contribution in [2.24, 2.45) is 0 Å². The first-order valence-corrected chi connectivity index (χ1v) is 12.3. The van der Waals surface area contributed by atoms with Crippen molar-refractivity contribution in [1.82, 2.24) is 9.55 Å². The van der Waals surface area contributed by atoms with Crippen LogP contribution >= 0.6 is 0 Å². The molecule has 6 rings (SSSR count). The van der Waals surface area contributed by atoms with Gasteiger partial charge in [-0.3, -0.25) is 4.79 Å². The van der Waals surface area contributed by atoms with E-state index >= 15 is 0 Å². The summed E-state index contributed by atoms with van der Waals surface area (Å²) in [5.41, 5.74) is 3.65. The van der Waals surface area contributed by atoms with Gasteiger partial charge in [0.05, 0.1) is 41.5 Å². The Balaban J connectivity index is 1.41. The molecule has 3 aliphatic heterocycles. The molecular weight excluding hydrogens is 496 g/mol. The maximum absolute atomic E-state index is 13.8. The number of hydrogen-bond acceptors (Lipinski definition) is 10. The lowest BCUT2D eigenvalue weighted by Gasteiger charge is -2.43. The van der Waals surface area contributed by atoms with Crippen LogP contribution in [0.1, 0.15) is 28.9 Å². The van der Waals surface area contributed by atoms with Crippen molar-refractivity contribution in [3.63, 3.8) is 0 Å². The van der Waals surface area contributed by atoms with Crippen molar-refractivity contribution in [3.05, 3.63) is 76.1 Å². The van der Waals surface area contributed by atoms with Crippen LogP contribution in [0.2, 0.25) is 0 Å². The Labute approximate surface area is 217 Å². The zero-order valence-corrected chi connectivity index (χ0v) is 20.5. The summed E-state index contributed by atoms with van der Waals surface area (Å²) in [6.45, 7) is 3.66. The topological polar surface area (TPSA) is 153 Å². The lowest BCUT2D eigenvalue weighted by Crippen LogP contribution is -2.60. The second kappa shape index (κ2) is 9.63. The number of pyridine rings is 2. The van der Waals surface area contributed by atoms with Crippen LogP contribution in [0.25, 0.3) is 22.3 Å². The smallest absolute Gasteiger partial charge is 0.260 e. The Morgan fingerprint density at radius 3 is 2.66 bits per heavy atom. The number of para-hydroxylation sites is 1. The third kappa shape index (κ3) is 3.82. The fourth-order valence-corrected chi connectivity index (χ4v) is 5.48. The lowest BCUT2D eigenvalue weighted by molar-refractivity contribution is -0.358. The van der Waals surface area contributed by atoms with Gasteiger partial charge in [-0.2, -0.15) is 0 Å². The first-order valence-electron chi connectivity index (χ1n) is 12.3. The van der Waals surface area contributed by atoms with Crippen LogP contribution in [0, 0.1) is 0 Å². The molecule has 0 bridgehead atoms. The molecule has 0 radical (unpaired) electrons. The van der Waals surface area contributed by atoms with E-state index in [9.17, 15) is 25.2 Å². The Morgan fingerprint density at radius 1 is 1.13 bits per heavy atom. The molecule has 1 saturated heterocycles. The van der Waals surface area contributed by atoms with Crippen molar-refractivity contribution in [2.75, 3.05) is 13.7 Å². The molecule has 0 aliphatic carbocycles. The summed E-state index contributed by atoms with van der Waals surface area (Å²) in [5, 5.41) is 41.3. The van der Waals surface area contributed by atoms with Crippen molar-refractivity contribution >= 4 is 10.9 Å². The number of ether oxygens (including phenoxy) is 4. The molecule has 0 amide bonds. The summed E-state index contributed by atoms with van der Waals surface area (Å²) >= 11 is 0. The number of methoxy groups -OCH3 is 1. The van der Waals surface area contributed by atoms with Crippen molar-refractivity contribution in [2.45, 2.75) is 55.7 Å². The molecule has 11 heteroatoms. The molecule has 1 fully saturated rings. The second-order valence-electron chi connectivity index (χ2n) is 9.65. The van der Waals surface area contributed by atoms with Gasteiger partial charge in [-0.05, 0) is 23.8 Å². The van der Waals surface area contributed by atoms with Crippen molar-refractivity contribution in [1.29, 1.82) is 0 Å². The molecule has 0 saturated carbocycles. The van der Waals surface area contributed by atoms with E-state index in [1.807, 2.05) is 36.4 Å². The minimum absolute atomic E-state index is 0.287. The molecular formula is C27H28N2O9. The van der Waals surface area contributed by atoms with Gasteiger partial charge in [-0.25, -0.2) is 4.98 Å². The van der Waals surface area contributed by atoms with Crippen LogP contribution < -0.4 is 5.56 Å². The number of aliphatic hydroxyl groups is 4. The molecule has 0 spiro atoms. The Bertz CT molecular complexity index is 1450. The quantitative estimate of drug-likeness (QED) is 0.272. The van der Waals surface area contributed by atoms with E-state index < -0.39 is 55.8 Å². The minimum Gasteiger partial charge on any atom is -0.394 e. The predicted molar refractivity (Wildman–Crippen MR) is 133 cm³/mol. The fourth-order valence-electron chi connectivity index (χ4n) is 5.48. The summed E-state index contributed by atoms with van der Waals surface area (Å²) in [7, 11) is 1.40. The van der Waals surface area contributed by atoms with E-state index in [-0.39, 0.29) is 5.56 Å². The Morgan fingerprint density at radius 2 is 1.92 bits per heavy atom. The zero-order chi connectivity index (χ0) is 26.7. The normalized spacial score (nSPS) is 32.0. The van der Waals surface area contributed by atoms with E-state index in [1.165, 1.54) is 7.11 Å². The zero-order valence-electron chi connectivity index (χ0n) is 20.5. The molecule has 5 heterocycles. The van der Waals surface area contributed by atoms with Crippen molar-refractivity contribution in [3.8, 4) is 11.4 Å². The van der Waals surface area contributed by atoms with Crippen LogP contribution in [-0.4, -0.2) is 80.7 Å². The van der Waals surface area contributed by atoms with Gasteiger partial charge in [0.25, 0.3) is 5.56 Å². The van der Waals surface area contributed by atoms with Gasteiger partial charge in [0, 0.05) is 18.1 Å². The SMILES string of the molecule is C=C[C@@H]1c2cc3n(c(=O)c2[C@@H](OC)O[C@H]1O[C@@H]1O[C@H](CO)[C@H](O)[C@@H](O)[C@H]1O)Cc1cc2ccccc2nc1-3. The van der Waals surface area contributed by atoms with E-state index in [1.54, 1.807) is 10.6 Å². The lowest BCUT2D eigenvalue weighted by atomic mass is 9.90. The Kier molecular flexibility index (Phi) is 6.41. The molecule has 2 aromatic heterocycles. The summed E-state index contributed by atoms with van der Waals surface area (Å²) in [6, 6.07) is 11.6. The molecule has 0 unspecified atom stereocenters. The molecule has 8 atom stereocenters. The van der Waals surface area contributed by atoms with Crippen LogP contribution in [0.4, 0.5) is 0 Å². The number of nitrogens with zero attached hydrogens (tertiary/aromatic N) is 2. The Hall–Kier alpha value is -3.00. The number of fused-ring (bicyclic) bond motifs is 5. The molecule has 200 valence electrons. The van der Waals surface area contributed by atoms with E-state index in [0.29, 0.717) is 29.1 Å². The molecule has 3 aromatic rings.